The zero-order valence-corrected chi connectivity index (χ0v) is 9.11. The molecule has 0 aliphatic heterocycles. The standard InChI is InChI=1S/C9H7BrFN3O/c10-5-1-2-7(11)6(3-5)8(12)9-13-4-15-14-9/h1-4,8H,12H2. The van der Waals surface area contributed by atoms with Crippen LogP contribution in [0.15, 0.2) is 33.6 Å². The van der Waals surface area contributed by atoms with Gasteiger partial charge < -0.3 is 10.3 Å². The molecule has 0 fully saturated rings. The summed E-state index contributed by atoms with van der Waals surface area (Å²) in [5, 5.41) is 3.57. The molecule has 0 amide bonds. The molecule has 4 nitrogen and oxygen atoms in total. The van der Waals surface area contributed by atoms with Gasteiger partial charge in [-0.3, -0.25) is 0 Å². The van der Waals surface area contributed by atoms with Crippen LogP contribution in [0.25, 0.3) is 0 Å². The molecule has 0 aliphatic rings. The van der Waals surface area contributed by atoms with Crippen molar-refractivity contribution in [2.24, 2.45) is 5.73 Å². The Kier molecular flexibility index (Phi) is 2.79. The third-order valence-corrected chi connectivity index (χ3v) is 2.44. The molecule has 0 bridgehead atoms. The Balaban J connectivity index is 2.41. The molecule has 0 aliphatic carbocycles. The number of hydrogen-bond donors (Lipinski definition) is 1. The van der Waals surface area contributed by atoms with Gasteiger partial charge in [-0.2, -0.15) is 4.98 Å². The molecule has 78 valence electrons. The average Bonchev–Trinajstić information content (AvgIpc) is 2.74. The highest BCUT2D eigenvalue weighted by Crippen LogP contribution is 2.23. The minimum Gasteiger partial charge on any atom is -0.343 e. The van der Waals surface area contributed by atoms with Crippen LogP contribution in [0, 0.1) is 5.82 Å². The summed E-state index contributed by atoms with van der Waals surface area (Å²) in [4.78, 5) is 3.78. The molecule has 1 aromatic heterocycles. The SMILES string of the molecule is NC(c1ncon1)c1cc(Br)ccc1F. The summed E-state index contributed by atoms with van der Waals surface area (Å²) in [6.07, 6.45) is 1.16. The smallest absolute Gasteiger partial charge is 0.213 e. The van der Waals surface area contributed by atoms with E-state index in [-0.39, 0.29) is 5.82 Å². The minimum absolute atomic E-state index is 0.256. The van der Waals surface area contributed by atoms with Crippen LogP contribution < -0.4 is 5.73 Å². The normalized spacial score (nSPS) is 12.7. The van der Waals surface area contributed by atoms with Crippen molar-refractivity contribution < 1.29 is 8.91 Å². The minimum atomic E-state index is -0.721. The van der Waals surface area contributed by atoms with E-state index in [4.69, 9.17) is 5.73 Å². The van der Waals surface area contributed by atoms with Gasteiger partial charge in [-0.15, -0.1) is 0 Å². The van der Waals surface area contributed by atoms with E-state index in [9.17, 15) is 4.39 Å². The molecular weight excluding hydrogens is 265 g/mol. The first kappa shape index (κ1) is 10.3. The van der Waals surface area contributed by atoms with Crippen molar-refractivity contribution in [2.45, 2.75) is 6.04 Å². The molecule has 1 aromatic carbocycles. The Labute approximate surface area is 93.4 Å². The van der Waals surface area contributed by atoms with Gasteiger partial charge in [0.1, 0.15) is 5.82 Å². The van der Waals surface area contributed by atoms with Gasteiger partial charge in [0.25, 0.3) is 0 Å². The molecule has 0 saturated heterocycles. The van der Waals surface area contributed by atoms with Crippen LogP contribution in [0.5, 0.6) is 0 Å². The number of nitrogens with two attached hydrogens (primary N) is 1. The second kappa shape index (κ2) is 4.08. The second-order valence-corrected chi connectivity index (χ2v) is 3.85. The van der Waals surface area contributed by atoms with Gasteiger partial charge >= 0.3 is 0 Å². The number of aromatic nitrogens is 2. The van der Waals surface area contributed by atoms with Crippen LogP contribution >= 0.6 is 15.9 Å². The summed E-state index contributed by atoms with van der Waals surface area (Å²) < 4.78 is 18.7. The first-order valence-electron chi connectivity index (χ1n) is 4.15. The van der Waals surface area contributed by atoms with E-state index in [1.54, 1.807) is 12.1 Å². The van der Waals surface area contributed by atoms with E-state index in [1.165, 1.54) is 6.07 Å². The number of rotatable bonds is 2. The lowest BCUT2D eigenvalue weighted by Gasteiger charge is -2.08. The van der Waals surface area contributed by atoms with E-state index in [1.807, 2.05) is 0 Å². The molecule has 0 radical (unpaired) electrons. The third-order valence-electron chi connectivity index (χ3n) is 1.95. The van der Waals surface area contributed by atoms with E-state index >= 15 is 0 Å². The zero-order chi connectivity index (χ0) is 10.8. The molecular formula is C9H7BrFN3O. The highest BCUT2D eigenvalue weighted by atomic mass is 79.9. The largest absolute Gasteiger partial charge is 0.343 e. The summed E-state index contributed by atoms with van der Waals surface area (Å²) in [5.41, 5.74) is 6.11. The predicted molar refractivity (Wildman–Crippen MR) is 54.4 cm³/mol. The monoisotopic (exact) mass is 271 g/mol. The van der Waals surface area contributed by atoms with Crippen molar-refractivity contribution in [3.63, 3.8) is 0 Å². The van der Waals surface area contributed by atoms with E-state index in [0.29, 0.717) is 5.56 Å². The van der Waals surface area contributed by atoms with Gasteiger partial charge in [-0.05, 0) is 18.2 Å². The lowest BCUT2D eigenvalue weighted by atomic mass is 10.1. The molecule has 2 N–H and O–H groups in total. The van der Waals surface area contributed by atoms with Gasteiger partial charge in [0, 0.05) is 10.0 Å². The molecule has 2 rings (SSSR count). The Morgan fingerprint density at radius 3 is 2.93 bits per heavy atom. The Hall–Kier alpha value is -1.27. The van der Waals surface area contributed by atoms with Gasteiger partial charge in [-0.25, -0.2) is 4.39 Å². The number of benzene rings is 1. The molecule has 6 heteroatoms. The number of nitrogens with zero attached hydrogens (tertiary/aromatic N) is 2. The van der Waals surface area contributed by atoms with Gasteiger partial charge in [0.2, 0.25) is 6.39 Å². The Morgan fingerprint density at radius 2 is 2.27 bits per heavy atom. The highest BCUT2D eigenvalue weighted by Gasteiger charge is 2.17. The Morgan fingerprint density at radius 1 is 1.47 bits per heavy atom. The van der Waals surface area contributed by atoms with Gasteiger partial charge in [-0.1, -0.05) is 21.1 Å². The van der Waals surface area contributed by atoms with Crippen molar-refractivity contribution in [2.75, 3.05) is 0 Å². The molecule has 1 atom stereocenters. The average molecular weight is 272 g/mol. The van der Waals surface area contributed by atoms with Crippen LogP contribution in [-0.2, 0) is 0 Å². The molecule has 15 heavy (non-hydrogen) atoms. The first-order chi connectivity index (χ1) is 7.18. The van der Waals surface area contributed by atoms with Crippen molar-refractivity contribution in [1.82, 2.24) is 10.1 Å². The lowest BCUT2D eigenvalue weighted by molar-refractivity contribution is 0.407. The molecule has 0 spiro atoms. The summed E-state index contributed by atoms with van der Waals surface area (Å²) in [6, 6.07) is 3.80. The summed E-state index contributed by atoms with van der Waals surface area (Å²) in [6.45, 7) is 0. The fourth-order valence-corrected chi connectivity index (χ4v) is 1.59. The van der Waals surface area contributed by atoms with Crippen molar-refractivity contribution in [3.05, 3.63) is 46.3 Å². The highest BCUT2D eigenvalue weighted by molar-refractivity contribution is 9.10. The quantitative estimate of drug-likeness (QED) is 0.908. The molecule has 1 heterocycles. The first-order valence-corrected chi connectivity index (χ1v) is 4.94. The fourth-order valence-electron chi connectivity index (χ4n) is 1.21. The van der Waals surface area contributed by atoms with Crippen LogP contribution in [0.1, 0.15) is 17.4 Å². The number of halogens is 2. The Bertz CT molecular complexity index is 460. The summed E-state index contributed by atoms with van der Waals surface area (Å²) in [7, 11) is 0. The van der Waals surface area contributed by atoms with Crippen molar-refractivity contribution >= 4 is 15.9 Å². The topological polar surface area (TPSA) is 64.9 Å². The van der Waals surface area contributed by atoms with E-state index in [2.05, 4.69) is 30.6 Å². The van der Waals surface area contributed by atoms with Crippen LogP contribution in [0.4, 0.5) is 4.39 Å². The van der Waals surface area contributed by atoms with Crippen LogP contribution in [0.2, 0.25) is 0 Å². The van der Waals surface area contributed by atoms with Crippen molar-refractivity contribution in [3.8, 4) is 0 Å². The van der Waals surface area contributed by atoms with E-state index < -0.39 is 11.9 Å². The van der Waals surface area contributed by atoms with E-state index in [0.717, 1.165) is 10.9 Å². The maximum absolute atomic E-state index is 13.4. The van der Waals surface area contributed by atoms with Gasteiger partial charge in [0.05, 0.1) is 6.04 Å². The number of hydrogen-bond acceptors (Lipinski definition) is 4. The lowest BCUT2D eigenvalue weighted by Crippen LogP contribution is -2.15. The van der Waals surface area contributed by atoms with Crippen LogP contribution in [-0.4, -0.2) is 10.1 Å². The summed E-state index contributed by atoms with van der Waals surface area (Å²) in [5.74, 6) is -0.137. The van der Waals surface area contributed by atoms with Crippen LogP contribution in [0.3, 0.4) is 0 Å². The molecule has 0 saturated carbocycles. The third kappa shape index (κ3) is 2.05. The predicted octanol–water partition coefficient (Wildman–Crippen LogP) is 2.02. The maximum atomic E-state index is 13.4. The van der Waals surface area contributed by atoms with Crippen molar-refractivity contribution in [1.29, 1.82) is 0 Å². The second-order valence-electron chi connectivity index (χ2n) is 2.93. The van der Waals surface area contributed by atoms with Gasteiger partial charge in [0.15, 0.2) is 5.82 Å². The zero-order valence-electron chi connectivity index (χ0n) is 7.52. The molecule has 2 aromatic rings. The summed E-state index contributed by atoms with van der Waals surface area (Å²) >= 11 is 3.24. The fraction of sp³-hybridized carbons (Fsp3) is 0.111. The molecule has 1 unspecified atom stereocenters. The maximum Gasteiger partial charge on any atom is 0.213 e.